The Morgan fingerprint density at radius 3 is 2.74 bits per heavy atom. The molecule has 1 N–H and O–H groups in total. The first kappa shape index (κ1) is 13.9. The summed E-state index contributed by atoms with van der Waals surface area (Å²) in [6.45, 7) is -1.04. The van der Waals surface area contributed by atoms with Gasteiger partial charge in [0, 0.05) is 17.4 Å². The molecular formula is C13H13F2NO2S. The highest BCUT2D eigenvalue weighted by Gasteiger charge is 2.17. The average Bonchev–Trinajstić information content (AvgIpc) is 2.74. The van der Waals surface area contributed by atoms with Gasteiger partial charge in [0.15, 0.2) is 0 Å². The van der Waals surface area contributed by atoms with Gasteiger partial charge >= 0.3 is 6.61 Å². The quantitative estimate of drug-likeness (QED) is 0.916. The molecule has 6 heteroatoms. The summed E-state index contributed by atoms with van der Waals surface area (Å²) in [5.74, 6) is -0.00282. The van der Waals surface area contributed by atoms with Crippen molar-refractivity contribution in [3.8, 4) is 5.75 Å². The molecule has 0 spiro atoms. The van der Waals surface area contributed by atoms with Crippen molar-refractivity contribution in [1.82, 2.24) is 4.98 Å². The molecule has 0 aliphatic carbocycles. The minimum absolute atomic E-state index is 0.00282. The van der Waals surface area contributed by atoms with Gasteiger partial charge in [-0.3, -0.25) is 0 Å². The molecule has 2 aromatic rings. The lowest BCUT2D eigenvalue weighted by Crippen LogP contribution is -2.08. The summed E-state index contributed by atoms with van der Waals surface area (Å²) >= 11 is 1.48. The number of thiazole rings is 1. The molecule has 0 aliphatic rings. The van der Waals surface area contributed by atoms with Crippen molar-refractivity contribution >= 4 is 11.3 Å². The molecule has 102 valence electrons. The molecule has 19 heavy (non-hydrogen) atoms. The number of alkyl halides is 2. The number of nitrogens with zero attached hydrogens (tertiary/aromatic N) is 1. The van der Waals surface area contributed by atoms with Gasteiger partial charge in [-0.1, -0.05) is 18.2 Å². The van der Waals surface area contributed by atoms with Gasteiger partial charge in [0.2, 0.25) is 0 Å². The van der Waals surface area contributed by atoms with Crippen LogP contribution in [0.3, 0.4) is 0 Å². The Morgan fingerprint density at radius 1 is 1.37 bits per heavy atom. The third-order valence-corrected chi connectivity index (χ3v) is 3.39. The molecule has 1 aromatic heterocycles. The van der Waals surface area contributed by atoms with Crippen LogP contribution in [-0.2, 0) is 6.42 Å². The molecule has 1 atom stereocenters. The fourth-order valence-corrected chi connectivity index (χ4v) is 2.39. The third-order valence-electron chi connectivity index (χ3n) is 2.56. The molecule has 2 rings (SSSR count). The van der Waals surface area contributed by atoms with Gasteiger partial charge in [-0.15, -0.1) is 11.3 Å². The largest absolute Gasteiger partial charge is 0.434 e. The summed E-state index contributed by atoms with van der Waals surface area (Å²) in [7, 11) is 0. The standard InChI is InChI=1S/C13H13F2NO2S/c1-8-16-9(7-19-8)6-11(17)10-4-2-3-5-12(10)18-13(14)15/h2-5,7,11,13,17H,6H2,1H3. The van der Waals surface area contributed by atoms with Gasteiger partial charge in [-0.25, -0.2) is 4.98 Å². The maximum atomic E-state index is 12.3. The number of rotatable bonds is 5. The van der Waals surface area contributed by atoms with E-state index in [2.05, 4.69) is 9.72 Å². The van der Waals surface area contributed by atoms with E-state index in [1.807, 2.05) is 12.3 Å². The van der Waals surface area contributed by atoms with Crippen LogP contribution in [0.5, 0.6) is 5.75 Å². The summed E-state index contributed by atoms with van der Waals surface area (Å²) in [5, 5.41) is 12.9. The number of benzene rings is 1. The molecule has 1 aromatic carbocycles. The zero-order valence-corrected chi connectivity index (χ0v) is 11.0. The van der Waals surface area contributed by atoms with Crippen molar-refractivity contribution in [2.45, 2.75) is 26.1 Å². The second-order valence-electron chi connectivity index (χ2n) is 3.99. The molecule has 0 radical (unpaired) electrons. The summed E-state index contributed by atoms with van der Waals surface area (Å²) in [6, 6.07) is 6.24. The van der Waals surface area contributed by atoms with Gasteiger partial charge in [0.05, 0.1) is 16.8 Å². The number of ether oxygens (including phenoxy) is 1. The summed E-state index contributed by atoms with van der Waals surface area (Å²) in [6.07, 6.45) is -0.648. The van der Waals surface area contributed by atoms with Gasteiger partial charge in [-0.2, -0.15) is 8.78 Å². The summed E-state index contributed by atoms with van der Waals surface area (Å²) < 4.78 is 29.0. The molecule has 1 heterocycles. The number of aromatic nitrogens is 1. The highest BCUT2D eigenvalue weighted by molar-refractivity contribution is 7.09. The first-order chi connectivity index (χ1) is 9.06. The van der Waals surface area contributed by atoms with Crippen molar-refractivity contribution in [1.29, 1.82) is 0 Å². The second-order valence-corrected chi connectivity index (χ2v) is 5.06. The molecule has 0 amide bonds. The minimum Gasteiger partial charge on any atom is -0.434 e. The molecule has 0 saturated heterocycles. The van der Waals surface area contributed by atoms with Gasteiger partial charge in [-0.05, 0) is 13.0 Å². The van der Waals surface area contributed by atoms with Crippen LogP contribution in [0.15, 0.2) is 29.6 Å². The van der Waals surface area contributed by atoms with Crippen LogP contribution in [0.2, 0.25) is 0 Å². The maximum absolute atomic E-state index is 12.3. The smallest absolute Gasteiger partial charge is 0.387 e. The zero-order valence-electron chi connectivity index (χ0n) is 10.2. The predicted molar refractivity (Wildman–Crippen MR) is 68.6 cm³/mol. The Bertz CT molecular complexity index is 545. The van der Waals surface area contributed by atoms with Crippen molar-refractivity contribution in [2.24, 2.45) is 0 Å². The van der Waals surface area contributed by atoms with Crippen LogP contribution in [0.25, 0.3) is 0 Å². The number of hydrogen-bond donors (Lipinski definition) is 1. The Kier molecular flexibility index (Phi) is 4.44. The second kappa shape index (κ2) is 6.08. The van der Waals surface area contributed by atoms with E-state index >= 15 is 0 Å². The minimum atomic E-state index is -2.91. The molecule has 3 nitrogen and oxygen atoms in total. The fraction of sp³-hybridized carbons (Fsp3) is 0.308. The van der Waals surface area contributed by atoms with E-state index in [0.717, 1.165) is 10.7 Å². The Morgan fingerprint density at radius 2 is 2.11 bits per heavy atom. The van der Waals surface area contributed by atoms with E-state index < -0.39 is 12.7 Å². The SMILES string of the molecule is Cc1nc(CC(O)c2ccccc2OC(F)F)cs1. The number of hydrogen-bond acceptors (Lipinski definition) is 4. The lowest BCUT2D eigenvalue weighted by Gasteiger charge is -2.14. The lowest BCUT2D eigenvalue weighted by molar-refractivity contribution is -0.0515. The van der Waals surface area contributed by atoms with Crippen molar-refractivity contribution in [3.05, 3.63) is 45.9 Å². The Hall–Kier alpha value is -1.53. The van der Waals surface area contributed by atoms with Crippen LogP contribution in [-0.4, -0.2) is 16.7 Å². The number of aliphatic hydroxyl groups excluding tert-OH is 1. The summed E-state index contributed by atoms with van der Waals surface area (Å²) in [4.78, 5) is 4.24. The summed E-state index contributed by atoms with van der Waals surface area (Å²) in [5.41, 5.74) is 1.08. The van der Waals surface area contributed by atoms with E-state index in [4.69, 9.17) is 0 Å². The van der Waals surface area contributed by atoms with Crippen molar-refractivity contribution < 1.29 is 18.6 Å². The molecule has 0 bridgehead atoms. The Labute approximate surface area is 113 Å². The third kappa shape index (κ3) is 3.71. The van der Waals surface area contributed by atoms with E-state index in [1.165, 1.54) is 17.4 Å². The lowest BCUT2D eigenvalue weighted by atomic mass is 10.0. The van der Waals surface area contributed by atoms with Crippen LogP contribution in [0, 0.1) is 6.92 Å². The number of para-hydroxylation sites is 1. The van der Waals surface area contributed by atoms with Crippen molar-refractivity contribution in [2.75, 3.05) is 0 Å². The van der Waals surface area contributed by atoms with Gasteiger partial charge < -0.3 is 9.84 Å². The number of aryl methyl sites for hydroxylation is 1. The normalized spacial score (nSPS) is 12.7. The molecular weight excluding hydrogens is 272 g/mol. The first-order valence-corrected chi connectivity index (χ1v) is 6.57. The number of halogens is 2. The van der Waals surface area contributed by atoms with Crippen LogP contribution in [0.4, 0.5) is 8.78 Å². The zero-order chi connectivity index (χ0) is 13.8. The highest BCUT2D eigenvalue weighted by Crippen LogP contribution is 2.28. The van der Waals surface area contributed by atoms with Gasteiger partial charge in [0.25, 0.3) is 0 Å². The molecule has 1 unspecified atom stereocenters. The van der Waals surface area contributed by atoms with E-state index in [9.17, 15) is 13.9 Å². The van der Waals surface area contributed by atoms with E-state index in [-0.39, 0.29) is 12.2 Å². The van der Waals surface area contributed by atoms with E-state index in [1.54, 1.807) is 18.2 Å². The van der Waals surface area contributed by atoms with Crippen molar-refractivity contribution in [3.63, 3.8) is 0 Å². The Balaban J connectivity index is 2.16. The molecule has 0 fully saturated rings. The first-order valence-electron chi connectivity index (χ1n) is 5.69. The van der Waals surface area contributed by atoms with Gasteiger partial charge in [0.1, 0.15) is 5.75 Å². The van der Waals surface area contributed by atoms with E-state index in [0.29, 0.717) is 5.56 Å². The van der Waals surface area contributed by atoms with Crippen LogP contribution in [0.1, 0.15) is 22.4 Å². The fourth-order valence-electron chi connectivity index (χ4n) is 1.77. The maximum Gasteiger partial charge on any atom is 0.387 e. The monoisotopic (exact) mass is 285 g/mol. The number of aliphatic hydroxyl groups is 1. The molecule has 0 saturated carbocycles. The highest BCUT2D eigenvalue weighted by atomic mass is 32.1. The van der Waals surface area contributed by atoms with Crippen LogP contribution < -0.4 is 4.74 Å². The average molecular weight is 285 g/mol. The molecule has 0 aliphatic heterocycles. The predicted octanol–water partition coefficient (Wildman–Crippen LogP) is 3.33. The van der Waals surface area contributed by atoms with Crippen LogP contribution >= 0.6 is 11.3 Å². The topological polar surface area (TPSA) is 42.4 Å².